The number of hydrogen-bond acceptors (Lipinski definition) is 5. The number of hydrogen-bond donors (Lipinski definition) is 1. The van der Waals surface area contributed by atoms with Crippen molar-refractivity contribution in [2.24, 2.45) is 5.92 Å². The summed E-state index contributed by atoms with van der Waals surface area (Å²) in [6, 6.07) is 5.45. The highest BCUT2D eigenvalue weighted by Crippen LogP contribution is 2.40. The predicted molar refractivity (Wildman–Crippen MR) is 76.5 cm³/mol. The number of Topliss-reactive ketones (excluding diaryl/α,β-unsaturated/α-hetero) is 1. The Hall–Kier alpha value is -2.50. The van der Waals surface area contributed by atoms with Crippen molar-refractivity contribution in [3.63, 3.8) is 0 Å². The first-order valence-corrected chi connectivity index (χ1v) is 7.07. The van der Waals surface area contributed by atoms with Crippen LogP contribution in [0.4, 0.5) is 5.95 Å². The zero-order chi connectivity index (χ0) is 14.4. The summed E-state index contributed by atoms with van der Waals surface area (Å²) in [6.45, 7) is 2.10. The Morgan fingerprint density at radius 3 is 3.00 bits per heavy atom. The van der Waals surface area contributed by atoms with Gasteiger partial charge in [0.2, 0.25) is 5.95 Å². The van der Waals surface area contributed by atoms with Gasteiger partial charge in [0, 0.05) is 23.9 Å². The number of aromatic nitrogens is 4. The fourth-order valence-corrected chi connectivity index (χ4v) is 3.16. The van der Waals surface area contributed by atoms with E-state index in [0.717, 1.165) is 23.4 Å². The van der Waals surface area contributed by atoms with Crippen molar-refractivity contribution in [2.45, 2.75) is 25.8 Å². The van der Waals surface area contributed by atoms with E-state index >= 15 is 0 Å². The van der Waals surface area contributed by atoms with Crippen LogP contribution in [0.25, 0.3) is 0 Å². The maximum absolute atomic E-state index is 12.6. The van der Waals surface area contributed by atoms with E-state index in [-0.39, 0.29) is 11.8 Å². The first-order valence-electron chi connectivity index (χ1n) is 7.07. The molecule has 1 aliphatic carbocycles. The molecule has 0 fully saturated rings. The van der Waals surface area contributed by atoms with E-state index in [4.69, 9.17) is 0 Å². The molecule has 0 radical (unpaired) electrons. The van der Waals surface area contributed by atoms with Crippen LogP contribution in [0.2, 0.25) is 0 Å². The molecule has 0 spiro atoms. The van der Waals surface area contributed by atoms with Crippen molar-refractivity contribution in [3.05, 3.63) is 47.7 Å². The minimum Gasteiger partial charge on any atom is -0.328 e. The van der Waals surface area contributed by atoms with Gasteiger partial charge >= 0.3 is 0 Å². The Labute approximate surface area is 121 Å². The smallest absolute Gasteiger partial charge is 0.226 e. The molecular weight excluding hydrogens is 266 g/mol. The number of nitrogens with one attached hydrogen (secondary N) is 1. The Kier molecular flexibility index (Phi) is 2.63. The van der Waals surface area contributed by atoms with Gasteiger partial charge in [-0.25, -0.2) is 4.68 Å². The van der Waals surface area contributed by atoms with Crippen molar-refractivity contribution >= 4 is 11.7 Å². The summed E-state index contributed by atoms with van der Waals surface area (Å²) in [6.07, 6.45) is 4.68. The number of anilines is 1. The number of nitrogens with zero attached hydrogens (tertiary/aromatic N) is 4. The molecule has 2 aromatic heterocycles. The molecule has 0 aromatic carbocycles. The highest BCUT2D eigenvalue weighted by molar-refractivity contribution is 5.99. The highest BCUT2D eigenvalue weighted by Gasteiger charge is 2.38. The second kappa shape index (κ2) is 4.51. The van der Waals surface area contributed by atoms with Gasteiger partial charge in [-0.1, -0.05) is 13.0 Å². The molecular formula is C15H15N5O. The van der Waals surface area contributed by atoms with Gasteiger partial charge in [0.05, 0.1) is 5.69 Å². The van der Waals surface area contributed by atoms with Crippen LogP contribution in [0.3, 0.4) is 0 Å². The largest absolute Gasteiger partial charge is 0.328 e. The highest BCUT2D eigenvalue weighted by atomic mass is 16.1. The maximum atomic E-state index is 12.6. The quantitative estimate of drug-likeness (QED) is 0.864. The summed E-state index contributed by atoms with van der Waals surface area (Å²) in [5, 5.41) is 7.54. The third-order valence-electron chi connectivity index (χ3n) is 4.03. The van der Waals surface area contributed by atoms with Crippen LogP contribution in [-0.2, 0) is 4.79 Å². The number of pyridine rings is 1. The normalized spacial score (nSPS) is 24.3. The summed E-state index contributed by atoms with van der Waals surface area (Å²) in [7, 11) is 0. The van der Waals surface area contributed by atoms with Gasteiger partial charge in [-0.15, -0.1) is 0 Å². The first kappa shape index (κ1) is 12.3. The summed E-state index contributed by atoms with van der Waals surface area (Å²) >= 11 is 0. The van der Waals surface area contributed by atoms with Crippen molar-refractivity contribution in [2.75, 3.05) is 5.32 Å². The van der Waals surface area contributed by atoms with E-state index in [2.05, 4.69) is 27.3 Å². The fourth-order valence-electron chi connectivity index (χ4n) is 3.16. The molecule has 0 bridgehead atoms. The van der Waals surface area contributed by atoms with E-state index in [1.165, 1.54) is 6.33 Å². The molecule has 106 valence electrons. The van der Waals surface area contributed by atoms with Gasteiger partial charge in [-0.3, -0.25) is 9.78 Å². The average molecular weight is 281 g/mol. The fraction of sp³-hybridized carbons (Fsp3) is 0.333. The van der Waals surface area contributed by atoms with Gasteiger partial charge < -0.3 is 5.32 Å². The molecule has 2 aromatic rings. The van der Waals surface area contributed by atoms with E-state index in [1.54, 1.807) is 10.9 Å². The third-order valence-corrected chi connectivity index (χ3v) is 4.03. The van der Waals surface area contributed by atoms with Crippen LogP contribution in [0, 0.1) is 5.92 Å². The second-order valence-corrected chi connectivity index (χ2v) is 5.64. The molecule has 0 saturated carbocycles. The monoisotopic (exact) mass is 281 g/mol. The zero-order valence-electron chi connectivity index (χ0n) is 11.7. The third kappa shape index (κ3) is 1.86. The molecule has 1 N–H and O–H groups in total. The summed E-state index contributed by atoms with van der Waals surface area (Å²) < 4.78 is 1.75. The predicted octanol–water partition coefficient (Wildman–Crippen LogP) is 1.94. The Morgan fingerprint density at radius 2 is 2.19 bits per heavy atom. The first-order chi connectivity index (χ1) is 10.2. The minimum atomic E-state index is -0.278. The van der Waals surface area contributed by atoms with Gasteiger partial charge in [-0.2, -0.15) is 10.1 Å². The van der Waals surface area contributed by atoms with Gasteiger partial charge in [0.25, 0.3) is 0 Å². The average Bonchev–Trinajstić information content (AvgIpc) is 2.93. The second-order valence-electron chi connectivity index (χ2n) is 5.64. The van der Waals surface area contributed by atoms with Crippen LogP contribution in [0.1, 0.15) is 31.5 Å². The molecule has 2 atom stereocenters. The molecule has 3 heterocycles. The number of allylic oxidation sites excluding steroid dienone is 2. The Morgan fingerprint density at radius 1 is 1.29 bits per heavy atom. The topological polar surface area (TPSA) is 72.7 Å². The molecule has 21 heavy (non-hydrogen) atoms. The van der Waals surface area contributed by atoms with E-state index < -0.39 is 0 Å². The lowest BCUT2D eigenvalue weighted by Crippen LogP contribution is -2.33. The van der Waals surface area contributed by atoms with Crippen molar-refractivity contribution in [1.29, 1.82) is 0 Å². The van der Waals surface area contributed by atoms with Crippen molar-refractivity contribution in [3.8, 4) is 0 Å². The number of carbonyl (C=O) groups excluding carboxylic acids is 1. The number of fused-ring (bicyclic) bond motifs is 1. The van der Waals surface area contributed by atoms with Crippen LogP contribution in [0.15, 0.2) is 42.0 Å². The maximum Gasteiger partial charge on any atom is 0.226 e. The molecule has 0 amide bonds. The number of carbonyl (C=O) groups is 1. The van der Waals surface area contributed by atoms with Gasteiger partial charge in [0.1, 0.15) is 12.4 Å². The van der Waals surface area contributed by atoms with Crippen LogP contribution < -0.4 is 5.32 Å². The number of ketones is 1. The van der Waals surface area contributed by atoms with Gasteiger partial charge in [0.15, 0.2) is 5.78 Å². The summed E-state index contributed by atoms with van der Waals surface area (Å²) in [5.74, 6) is 1.20. The lowest BCUT2D eigenvalue weighted by Gasteiger charge is -2.33. The van der Waals surface area contributed by atoms with Gasteiger partial charge in [-0.05, 0) is 24.5 Å². The molecule has 4 rings (SSSR count). The molecule has 2 unspecified atom stereocenters. The molecule has 6 nitrogen and oxygen atoms in total. The van der Waals surface area contributed by atoms with Crippen molar-refractivity contribution in [1.82, 2.24) is 19.7 Å². The van der Waals surface area contributed by atoms with E-state index in [9.17, 15) is 4.79 Å². The van der Waals surface area contributed by atoms with E-state index in [1.807, 2.05) is 18.2 Å². The Balaban J connectivity index is 1.91. The lowest BCUT2D eigenvalue weighted by molar-refractivity contribution is -0.117. The molecule has 1 aliphatic heterocycles. The van der Waals surface area contributed by atoms with E-state index in [0.29, 0.717) is 18.3 Å². The Bertz CT molecular complexity index is 734. The van der Waals surface area contributed by atoms with Crippen molar-refractivity contribution < 1.29 is 4.79 Å². The summed E-state index contributed by atoms with van der Waals surface area (Å²) in [4.78, 5) is 21.2. The minimum absolute atomic E-state index is 0.174. The van der Waals surface area contributed by atoms with Crippen LogP contribution >= 0.6 is 0 Å². The lowest BCUT2D eigenvalue weighted by atomic mass is 9.82. The SMILES string of the molecule is CC1CC(=O)C2=C(C1)Nc1ncnn1C2c1ccccn1. The van der Waals surface area contributed by atoms with Crippen LogP contribution in [0.5, 0.6) is 0 Å². The van der Waals surface area contributed by atoms with Crippen LogP contribution in [-0.4, -0.2) is 25.5 Å². The zero-order valence-corrected chi connectivity index (χ0v) is 11.7. The standard InChI is InChI=1S/C15H15N5O/c1-9-6-11-13(12(21)7-9)14(10-4-2-3-5-16-10)20-15(19-11)17-8-18-20/h2-5,8-9,14H,6-7H2,1H3,(H,17,18,19). The molecule has 6 heteroatoms. The molecule has 2 aliphatic rings. The number of rotatable bonds is 1. The summed E-state index contributed by atoms with van der Waals surface area (Å²) in [5.41, 5.74) is 2.57. The molecule has 0 saturated heterocycles.